The van der Waals surface area contributed by atoms with E-state index in [1.54, 1.807) is 0 Å². The Hall–Kier alpha value is -1.96. The van der Waals surface area contributed by atoms with Crippen molar-refractivity contribution in [3.05, 3.63) is 60.7 Å². The van der Waals surface area contributed by atoms with Gasteiger partial charge in [-0.15, -0.1) is 12.1 Å². The van der Waals surface area contributed by atoms with Crippen LogP contribution in [0.1, 0.15) is 0 Å². The molecule has 0 heterocycles. The molecular formula is C12H8N2-2. The average molecular weight is 180 g/mol. The Morgan fingerprint density at radius 3 is 1.57 bits per heavy atom. The van der Waals surface area contributed by atoms with Crippen LogP contribution in [-0.4, -0.2) is 0 Å². The highest BCUT2D eigenvalue weighted by Crippen LogP contribution is 2.15. The van der Waals surface area contributed by atoms with Crippen LogP contribution >= 0.6 is 0 Å². The van der Waals surface area contributed by atoms with E-state index in [0.29, 0.717) is 0 Å². The van der Waals surface area contributed by atoms with Crippen LogP contribution in [0.4, 0.5) is 11.4 Å². The van der Waals surface area contributed by atoms with Gasteiger partial charge in [-0.3, -0.25) is 0 Å². The van der Waals surface area contributed by atoms with Crippen molar-refractivity contribution in [3.8, 4) is 0 Å². The maximum atomic E-state index is 4.01. The lowest BCUT2D eigenvalue weighted by Crippen LogP contribution is -1.63. The van der Waals surface area contributed by atoms with Gasteiger partial charge in [0.05, 0.1) is 0 Å². The van der Waals surface area contributed by atoms with E-state index in [0.717, 1.165) is 11.4 Å². The molecule has 2 rings (SSSR count). The van der Waals surface area contributed by atoms with Crippen LogP contribution in [0.25, 0.3) is 0 Å². The zero-order valence-electron chi connectivity index (χ0n) is 7.51. The second kappa shape index (κ2) is 4.33. The Morgan fingerprint density at radius 1 is 0.714 bits per heavy atom. The molecule has 0 aromatic heterocycles. The van der Waals surface area contributed by atoms with Gasteiger partial charge in [-0.1, -0.05) is 0 Å². The van der Waals surface area contributed by atoms with Crippen LogP contribution in [0.15, 0.2) is 58.8 Å². The van der Waals surface area contributed by atoms with E-state index in [2.05, 4.69) is 22.4 Å². The highest BCUT2D eigenvalue weighted by molar-refractivity contribution is 5.37. The predicted molar refractivity (Wildman–Crippen MR) is 54.7 cm³/mol. The van der Waals surface area contributed by atoms with E-state index in [9.17, 15) is 0 Å². The Bertz CT molecular complexity index is 365. The zero-order chi connectivity index (χ0) is 9.64. The number of nitrogens with zero attached hydrogens (tertiary/aromatic N) is 2. The first-order valence-corrected chi connectivity index (χ1v) is 4.30. The summed E-state index contributed by atoms with van der Waals surface area (Å²) in [6, 6.07) is 20.9. The van der Waals surface area contributed by atoms with Crippen LogP contribution < -0.4 is 0 Å². The fraction of sp³-hybridized carbons (Fsp3) is 0. The zero-order valence-corrected chi connectivity index (χ0v) is 7.51. The fourth-order valence-corrected chi connectivity index (χ4v) is 1.000. The lowest BCUT2D eigenvalue weighted by atomic mass is 10.3. The molecule has 2 aromatic rings. The molecule has 0 aliphatic rings. The number of rotatable bonds is 2. The molecule has 0 bridgehead atoms. The first-order valence-electron chi connectivity index (χ1n) is 4.30. The third kappa shape index (κ3) is 2.26. The van der Waals surface area contributed by atoms with Gasteiger partial charge in [0.25, 0.3) is 0 Å². The maximum Gasteiger partial charge on any atom is -0.0266 e. The standard InChI is InChI=1S/C12H8N2/c1-3-7-11(8-4-1)13-14-12-9-5-2-6-10-12/h1-7,9H/q-2. The molecule has 0 atom stereocenters. The minimum atomic E-state index is 0.727. The van der Waals surface area contributed by atoms with E-state index in [1.807, 2.05) is 48.5 Å². The van der Waals surface area contributed by atoms with E-state index in [-0.39, 0.29) is 0 Å². The first kappa shape index (κ1) is 8.63. The van der Waals surface area contributed by atoms with Gasteiger partial charge in [0.2, 0.25) is 0 Å². The largest absolute Gasteiger partial charge is 0.180 e. The summed E-state index contributed by atoms with van der Waals surface area (Å²) in [5.41, 5.74) is 1.45. The minimum absolute atomic E-state index is 0.727. The first-order chi connectivity index (χ1) is 6.95. The molecule has 0 amide bonds. The summed E-state index contributed by atoms with van der Waals surface area (Å²) >= 11 is 0. The van der Waals surface area contributed by atoms with Gasteiger partial charge in [0.15, 0.2) is 0 Å². The highest BCUT2D eigenvalue weighted by Gasteiger charge is 1.77. The van der Waals surface area contributed by atoms with E-state index >= 15 is 0 Å². The number of benzene rings is 2. The van der Waals surface area contributed by atoms with Gasteiger partial charge in [-0.05, 0) is 11.4 Å². The van der Waals surface area contributed by atoms with E-state index < -0.39 is 0 Å². The third-order valence-corrected chi connectivity index (χ3v) is 1.65. The van der Waals surface area contributed by atoms with Crippen LogP contribution in [0.2, 0.25) is 0 Å². The van der Waals surface area contributed by atoms with Crippen molar-refractivity contribution in [1.29, 1.82) is 0 Å². The molecule has 14 heavy (non-hydrogen) atoms. The molecule has 0 radical (unpaired) electrons. The summed E-state index contributed by atoms with van der Waals surface area (Å²) in [6.07, 6.45) is 0. The summed E-state index contributed by atoms with van der Waals surface area (Å²) in [4.78, 5) is 0. The van der Waals surface area contributed by atoms with E-state index in [4.69, 9.17) is 0 Å². The van der Waals surface area contributed by atoms with Crippen molar-refractivity contribution in [2.45, 2.75) is 0 Å². The van der Waals surface area contributed by atoms with Gasteiger partial charge in [-0.2, -0.15) is 58.8 Å². The van der Waals surface area contributed by atoms with Crippen LogP contribution in [0.5, 0.6) is 0 Å². The van der Waals surface area contributed by atoms with Crippen molar-refractivity contribution < 1.29 is 0 Å². The normalized spacial score (nSPS) is 10.6. The smallest absolute Gasteiger partial charge is 0.0266 e. The van der Waals surface area contributed by atoms with Crippen molar-refractivity contribution in [3.63, 3.8) is 0 Å². The highest BCUT2D eigenvalue weighted by atomic mass is 15.1. The molecule has 0 unspecified atom stereocenters. The second-order valence-corrected chi connectivity index (χ2v) is 2.70. The molecule has 0 fully saturated rings. The molecule has 0 aliphatic carbocycles. The summed E-state index contributed by atoms with van der Waals surface area (Å²) in [7, 11) is 0. The Kier molecular flexibility index (Phi) is 2.67. The van der Waals surface area contributed by atoms with Crippen molar-refractivity contribution in [1.82, 2.24) is 0 Å². The number of hydrogen-bond donors (Lipinski definition) is 0. The molecule has 2 nitrogen and oxygen atoms in total. The molecule has 68 valence electrons. The van der Waals surface area contributed by atoms with Crippen molar-refractivity contribution in [2.24, 2.45) is 10.2 Å². The van der Waals surface area contributed by atoms with Crippen LogP contribution in [0.3, 0.4) is 0 Å². The lowest BCUT2D eigenvalue weighted by Gasteiger charge is -2.00. The molecule has 2 heteroatoms. The molecule has 0 aliphatic heterocycles. The molecule has 0 spiro atoms. The minimum Gasteiger partial charge on any atom is -0.180 e. The fourth-order valence-electron chi connectivity index (χ4n) is 1.000. The quantitative estimate of drug-likeness (QED) is 0.497. The summed E-state index contributed by atoms with van der Waals surface area (Å²) < 4.78 is 0. The summed E-state index contributed by atoms with van der Waals surface area (Å²) in [6.45, 7) is 0. The van der Waals surface area contributed by atoms with Gasteiger partial charge in [-0.25, -0.2) is 0 Å². The van der Waals surface area contributed by atoms with Gasteiger partial charge in [0, 0.05) is 0 Å². The molecule has 2 aromatic carbocycles. The lowest BCUT2D eigenvalue weighted by molar-refractivity contribution is 1.23. The number of hydrogen-bond acceptors (Lipinski definition) is 2. The predicted octanol–water partition coefficient (Wildman–Crippen LogP) is 3.70. The Balaban J connectivity index is 2.16. The van der Waals surface area contributed by atoms with Crippen LogP contribution in [-0.2, 0) is 0 Å². The van der Waals surface area contributed by atoms with Crippen molar-refractivity contribution in [2.75, 3.05) is 0 Å². The third-order valence-electron chi connectivity index (χ3n) is 1.65. The molecular weight excluding hydrogens is 172 g/mol. The Morgan fingerprint density at radius 2 is 1.21 bits per heavy atom. The van der Waals surface area contributed by atoms with Crippen LogP contribution in [0, 0.1) is 12.1 Å². The summed E-state index contributed by atoms with van der Waals surface area (Å²) in [5.74, 6) is 0. The molecule has 0 N–H and O–H groups in total. The summed E-state index contributed by atoms with van der Waals surface area (Å²) in [5, 5.41) is 8.03. The van der Waals surface area contributed by atoms with Gasteiger partial charge >= 0.3 is 0 Å². The second-order valence-electron chi connectivity index (χ2n) is 2.70. The molecule has 0 saturated heterocycles. The maximum absolute atomic E-state index is 4.01. The average Bonchev–Trinajstić information content (AvgIpc) is 2.29. The van der Waals surface area contributed by atoms with Gasteiger partial charge in [0.1, 0.15) is 0 Å². The van der Waals surface area contributed by atoms with E-state index in [1.165, 1.54) is 0 Å². The monoisotopic (exact) mass is 180 g/mol. The number of azo groups is 1. The topological polar surface area (TPSA) is 24.7 Å². The SMILES string of the molecule is [c-]1ccccc1N=Nc1[c-]cccc1. The Labute approximate surface area is 82.9 Å². The van der Waals surface area contributed by atoms with Gasteiger partial charge < -0.3 is 0 Å². The molecule has 0 saturated carbocycles. The van der Waals surface area contributed by atoms with Crippen molar-refractivity contribution >= 4 is 11.4 Å².